The van der Waals surface area contributed by atoms with Crippen molar-refractivity contribution in [2.45, 2.75) is 37.6 Å². The van der Waals surface area contributed by atoms with Crippen molar-refractivity contribution < 1.29 is 13.6 Å². The van der Waals surface area contributed by atoms with E-state index in [0.29, 0.717) is 23.8 Å². The topological polar surface area (TPSA) is 97.6 Å². The Balaban J connectivity index is 1.28. The third-order valence-electron chi connectivity index (χ3n) is 8.24. The molecule has 5 heterocycles. The predicted octanol–water partition coefficient (Wildman–Crippen LogP) is 5.62. The second-order valence-corrected chi connectivity index (χ2v) is 11.2. The minimum Gasteiger partial charge on any atom is -0.323 e. The summed E-state index contributed by atoms with van der Waals surface area (Å²) in [5.74, 6) is 0.0973. The van der Waals surface area contributed by atoms with Crippen LogP contribution in [0.2, 0.25) is 0 Å². The zero-order valence-electron chi connectivity index (χ0n) is 23.8. The van der Waals surface area contributed by atoms with Crippen LogP contribution in [0.3, 0.4) is 0 Å². The molecule has 1 N–H and O–H groups in total. The van der Waals surface area contributed by atoms with Crippen molar-refractivity contribution in [1.29, 1.82) is 0 Å². The van der Waals surface area contributed by atoms with Crippen LogP contribution < -0.4 is 5.32 Å². The first-order valence-electron chi connectivity index (χ1n) is 14.7. The number of carbonyl (C=O) groups excluding carboxylic acids is 1. The van der Waals surface area contributed by atoms with Crippen LogP contribution in [0.4, 0.5) is 14.6 Å². The van der Waals surface area contributed by atoms with Gasteiger partial charge >= 0.3 is 0 Å². The van der Waals surface area contributed by atoms with Gasteiger partial charge in [0.05, 0.1) is 24.1 Å². The maximum atomic E-state index is 13.9. The van der Waals surface area contributed by atoms with E-state index < -0.39 is 11.9 Å². The zero-order chi connectivity index (χ0) is 30.2. The van der Waals surface area contributed by atoms with E-state index in [2.05, 4.69) is 29.6 Å². The van der Waals surface area contributed by atoms with Gasteiger partial charge in [-0.25, -0.2) is 30.4 Å². The first-order valence-corrected chi connectivity index (χ1v) is 14.7. The number of hydrogen-bond acceptors (Lipinski definition) is 6. The van der Waals surface area contributed by atoms with Crippen molar-refractivity contribution in [3.8, 4) is 22.6 Å². The van der Waals surface area contributed by atoms with Gasteiger partial charge in [0.1, 0.15) is 17.3 Å². The molecule has 2 fully saturated rings. The number of pyridine rings is 1. The summed E-state index contributed by atoms with van der Waals surface area (Å²) >= 11 is 0. The number of hydrogen-bond donors (Lipinski definition) is 1. The molecular weight excluding hydrogens is 564 g/mol. The predicted molar refractivity (Wildman–Crippen MR) is 160 cm³/mol. The molecule has 2 aliphatic rings. The normalized spacial score (nSPS) is 15.8. The smallest absolute Gasteiger partial charge is 0.257 e. The molecule has 44 heavy (non-hydrogen) atoms. The van der Waals surface area contributed by atoms with E-state index in [1.54, 1.807) is 22.8 Å². The maximum absolute atomic E-state index is 13.9. The molecule has 0 radical (unpaired) electrons. The van der Waals surface area contributed by atoms with E-state index >= 15 is 0 Å². The summed E-state index contributed by atoms with van der Waals surface area (Å²) in [6.07, 6.45) is 6.83. The minimum absolute atomic E-state index is 0.129. The van der Waals surface area contributed by atoms with Gasteiger partial charge in [0.25, 0.3) is 5.91 Å². The first-order chi connectivity index (χ1) is 21.5. The number of benzene rings is 1. The number of nitrogens with one attached hydrogen (secondary N) is 1. The van der Waals surface area contributed by atoms with Gasteiger partial charge in [0.15, 0.2) is 11.5 Å². The summed E-state index contributed by atoms with van der Waals surface area (Å²) in [4.78, 5) is 31.7. The van der Waals surface area contributed by atoms with E-state index in [1.807, 2.05) is 12.1 Å². The zero-order valence-corrected chi connectivity index (χ0v) is 23.8. The number of fused-ring (bicyclic) bond motifs is 1. The number of halogens is 2. The Morgan fingerprint density at radius 3 is 2.55 bits per heavy atom. The number of anilines is 1. The molecule has 10 nitrogen and oxygen atoms in total. The molecule has 4 aromatic heterocycles. The number of aromatic nitrogens is 6. The largest absolute Gasteiger partial charge is 0.323 e. The number of piperidine rings is 1. The number of amides is 1. The van der Waals surface area contributed by atoms with Crippen molar-refractivity contribution in [3.05, 3.63) is 95.5 Å². The number of imidazole rings is 2. The van der Waals surface area contributed by atoms with Gasteiger partial charge in [-0.15, -0.1) is 0 Å². The number of nitrogens with zero attached hydrogens (tertiary/aromatic N) is 8. The average molecular weight is 594 g/mol. The highest BCUT2D eigenvalue weighted by Gasteiger charge is 2.36. The van der Waals surface area contributed by atoms with Gasteiger partial charge in [-0.1, -0.05) is 0 Å². The molecule has 12 heteroatoms. The van der Waals surface area contributed by atoms with E-state index in [1.165, 1.54) is 24.4 Å². The average Bonchev–Trinajstić information content (AvgIpc) is 3.69. The van der Waals surface area contributed by atoms with Gasteiger partial charge in [-0.05, 0) is 68.1 Å². The van der Waals surface area contributed by atoms with Crippen LogP contribution in [0.5, 0.6) is 0 Å². The fourth-order valence-electron chi connectivity index (χ4n) is 5.90. The van der Waals surface area contributed by atoms with Crippen molar-refractivity contribution in [1.82, 2.24) is 34.0 Å². The molecular formula is C32H29F2N9O. The Hall–Kier alpha value is -5.02. The SMILES string of the molecule is [C-]#[N+]CCN1CCC(n2c(C3CC3)nc(-c3ccc(F)cc3)c2-c2ccc3nc(NC(=O)c4ccnc(F)c4)cn3n2)CC1. The van der Waals surface area contributed by atoms with Crippen LogP contribution in [0, 0.1) is 18.3 Å². The third kappa shape index (κ3) is 5.54. The van der Waals surface area contributed by atoms with Crippen molar-refractivity contribution in [2.24, 2.45) is 0 Å². The first kappa shape index (κ1) is 27.8. The molecule has 0 unspecified atom stereocenters. The van der Waals surface area contributed by atoms with E-state index in [4.69, 9.17) is 16.7 Å². The molecule has 1 aromatic carbocycles. The lowest BCUT2D eigenvalue weighted by atomic mass is 10.0. The number of carbonyl (C=O) groups is 1. The Morgan fingerprint density at radius 1 is 1.02 bits per heavy atom. The lowest BCUT2D eigenvalue weighted by Crippen LogP contribution is -2.36. The summed E-state index contributed by atoms with van der Waals surface area (Å²) in [6.45, 7) is 10.2. The minimum atomic E-state index is -0.743. The Labute approximate surface area is 252 Å². The maximum Gasteiger partial charge on any atom is 0.257 e. The summed E-state index contributed by atoms with van der Waals surface area (Å²) in [6, 6.07) is 12.8. The van der Waals surface area contributed by atoms with Gasteiger partial charge in [-0.3, -0.25) is 9.69 Å². The summed E-state index contributed by atoms with van der Waals surface area (Å²) in [7, 11) is 0. The standard InChI is InChI=1S/C32H29F2N9O/c1-35-14-17-41-15-11-24(12-16-41)43-30(29(39-31(43)21-2-3-21)20-4-6-23(33)7-5-20)25-8-9-28-37-27(19-42(28)40-25)38-32(44)22-10-13-36-26(34)18-22/h4-10,13,18-19,21,24H,2-3,11-12,14-17H2,(H,38,44). The van der Waals surface area contributed by atoms with E-state index in [9.17, 15) is 13.6 Å². The van der Waals surface area contributed by atoms with Crippen LogP contribution in [0.1, 0.15) is 53.8 Å². The molecule has 222 valence electrons. The van der Waals surface area contributed by atoms with Crippen LogP contribution in [-0.2, 0) is 0 Å². The molecule has 0 spiro atoms. The fourth-order valence-corrected chi connectivity index (χ4v) is 5.90. The molecule has 5 aromatic rings. The molecule has 0 atom stereocenters. The summed E-state index contributed by atoms with van der Waals surface area (Å²) in [5, 5.41) is 7.63. The van der Waals surface area contributed by atoms with Crippen LogP contribution in [-0.4, -0.2) is 66.1 Å². The Kier molecular flexibility index (Phi) is 7.31. The summed E-state index contributed by atoms with van der Waals surface area (Å²) < 4.78 is 31.4. The number of rotatable bonds is 8. The lowest BCUT2D eigenvalue weighted by Gasteiger charge is -2.33. The highest BCUT2D eigenvalue weighted by Crippen LogP contribution is 2.46. The monoisotopic (exact) mass is 593 g/mol. The second-order valence-electron chi connectivity index (χ2n) is 11.2. The van der Waals surface area contributed by atoms with Gasteiger partial charge in [-0.2, -0.15) is 9.49 Å². The van der Waals surface area contributed by atoms with Crippen LogP contribution >= 0.6 is 0 Å². The Bertz CT molecular complexity index is 1880. The van der Waals surface area contributed by atoms with Crippen molar-refractivity contribution in [2.75, 3.05) is 31.5 Å². The summed E-state index contributed by atoms with van der Waals surface area (Å²) in [5.41, 5.74) is 3.76. The highest BCUT2D eigenvalue weighted by atomic mass is 19.1. The van der Waals surface area contributed by atoms with E-state index in [-0.39, 0.29) is 23.2 Å². The lowest BCUT2D eigenvalue weighted by molar-refractivity contribution is 0.102. The molecule has 7 rings (SSSR count). The third-order valence-corrected chi connectivity index (χ3v) is 8.24. The van der Waals surface area contributed by atoms with Gasteiger partial charge < -0.3 is 14.7 Å². The van der Waals surface area contributed by atoms with Crippen molar-refractivity contribution in [3.63, 3.8) is 0 Å². The van der Waals surface area contributed by atoms with Crippen molar-refractivity contribution >= 4 is 17.4 Å². The molecule has 1 aliphatic carbocycles. The van der Waals surface area contributed by atoms with Crippen LogP contribution in [0.25, 0.3) is 33.1 Å². The van der Waals surface area contributed by atoms with E-state index in [0.717, 1.165) is 74.2 Å². The van der Waals surface area contributed by atoms with Crippen LogP contribution in [0.15, 0.2) is 60.9 Å². The molecule has 0 bridgehead atoms. The molecule has 1 aliphatic heterocycles. The molecule has 1 saturated carbocycles. The fraction of sp³-hybridized carbons (Fsp3) is 0.312. The Morgan fingerprint density at radius 2 is 1.82 bits per heavy atom. The highest BCUT2D eigenvalue weighted by molar-refractivity contribution is 6.03. The molecule has 1 amide bonds. The van der Waals surface area contributed by atoms with Gasteiger partial charge in [0.2, 0.25) is 12.5 Å². The second kappa shape index (κ2) is 11.6. The van der Waals surface area contributed by atoms with Gasteiger partial charge in [0, 0.05) is 48.4 Å². The quantitative estimate of drug-likeness (QED) is 0.185. The number of likely N-dealkylation sites (tertiary alicyclic amines) is 1. The molecule has 1 saturated heterocycles.